The standard InChI is InChI=1S/C18H28N4OS/c1-14-3-4-16(11-15(14)2)21-17(19)20-12-18(5-10-24-13-18)22-6-8-23-9-7-22/h3-4,11H,5-10,12-13H2,1-2H3,(H3,19,20,21). The van der Waals surface area contributed by atoms with Gasteiger partial charge in [0.05, 0.1) is 25.3 Å². The third-order valence-electron chi connectivity index (χ3n) is 5.09. The van der Waals surface area contributed by atoms with E-state index in [9.17, 15) is 0 Å². The first-order valence-corrected chi connectivity index (χ1v) is 9.79. The molecule has 0 amide bonds. The van der Waals surface area contributed by atoms with Crippen LogP contribution in [0.1, 0.15) is 17.5 Å². The molecule has 2 heterocycles. The SMILES string of the molecule is Cc1ccc(NC(N)=NCC2(N3CCOCC3)CCSC2)cc1C. The number of benzene rings is 1. The van der Waals surface area contributed by atoms with Crippen molar-refractivity contribution in [3.05, 3.63) is 29.3 Å². The summed E-state index contributed by atoms with van der Waals surface area (Å²) in [4.78, 5) is 7.25. The summed E-state index contributed by atoms with van der Waals surface area (Å²) < 4.78 is 5.51. The summed E-state index contributed by atoms with van der Waals surface area (Å²) in [6, 6.07) is 6.27. The van der Waals surface area contributed by atoms with E-state index in [-0.39, 0.29) is 5.54 Å². The highest BCUT2D eigenvalue weighted by Crippen LogP contribution is 2.34. The van der Waals surface area contributed by atoms with Crippen LogP contribution in [0.3, 0.4) is 0 Å². The normalized spacial score (nSPS) is 25.8. The number of nitrogens with one attached hydrogen (secondary N) is 1. The van der Waals surface area contributed by atoms with E-state index < -0.39 is 0 Å². The number of hydrogen-bond donors (Lipinski definition) is 2. The van der Waals surface area contributed by atoms with Crippen molar-refractivity contribution in [2.45, 2.75) is 25.8 Å². The number of nitrogens with zero attached hydrogens (tertiary/aromatic N) is 2. The largest absolute Gasteiger partial charge is 0.379 e. The van der Waals surface area contributed by atoms with Gasteiger partial charge in [-0.25, -0.2) is 0 Å². The Bertz CT molecular complexity index is 593. The van der Waals surface area contributed by atoms with Crippen LogP contribution in [0.5, 0.6) is 0 Å². The molecule has 3 N–H and O–H groups in total. The number of rotatable bonds is 4. The van der Waals surface area contributed by atoms with E-state index in [1.807, 2.05) is 17.8 Å². The predicted molar refractivity (Wildman–Crippen MR) is 103 cm³/mol. The Morgan fingerprint density at radius 1 is 1.33 bits per heavy atom. The molecule has 1 unspecified atom stereocenters. The molecule has 0 aromatic heterocycles. The summed E-state index contributed by atoms with van der Waals surface area (Å²) in [5.74, 6) is 2.84. The van der Waals surface area contributed by atoms with Gasteiger partial charge in [-0.05, 0) is 49.3 Å². The molecule has 3 rings (SSSR count). The highest BCUT2D eigenvalue weighted by molar-refractivity contribution is 7.99. The quantitative estimate of drug-likeness (QED) is 0.645. The molecule has 2 fully saturated rings. The molecule has 1 aromatic carbocycles. The van der Waals surface area contributed by atoms with E-state index in [2.05, 4.69) is 41.2 Å². The average molecular weight is 349 g/mol. The van der Waals surface area contributed by atoms with Gasteiger partial charge in [0.15, 0.2) is 5.96 Å². The number of nitrogens with two attached hydrogens (primary N) is 1. The Morgan fingerprint density at radius 2 is 2.12 bits per heavy atom. The lowest BCUT2D eigenvalue weighted by atomic mass is 9.96. The first kappa shape index (κ1) is 17.6. The minimum atomic E-state index is 0.143. The maximum absolute atomic E-state index is 6.15. The van der Waals surface area contributed by atoms with Crippen molar-refractivity contribution < 1.29 is 4.74 Å². The van der Waals surface area contributed by atoms with Crippen LogP contribution in [0, 0.1) is 13.8 Å². The van der Waals surface area contributed by atoms with E-state index in [1.165, 1.54) is 23.3 Å². The molecule has 0 aliphatic carbocycles. The molecule has 0 saturated carbocycles. The molecule has 1 aromatic rings. The number of guanidine groups is 1. The maximum Gasteiger partial charge on any atom is 0.193 e. The van der Waals surface area contributed by atoms with E-state index in [0.717, 1.165) is 44.3 Å². The zero-order chi connectivity index (χ0) is 17.0. The van der Waals surface area contributed by atoms with Gasteiger partial charge in [-0.1, -0.05) is 6.07 Å². The van der Waals surface area contributed by atoms with Crippen LogP contribution in [-0.2, 0) is 4.74 Å². The van der Waals surface area contributed by atoms with Gasteiger partial charge < -0.3 is 15.8 Å². The molecule has 5 nitrogen and oxygen atoms in total. The third kappa shape index (κ3) is 4.05. The van der Waals surface area contributed by atoms with Crippen molar-refractivity contribution in [2.75, 3.05) is 49.7 Å². The summed E-state index contributed by atoms with van der Waals surface area (Å²) >= 11 is 2.02. The van der Waals surface area contributed by atoms with Crippen molar-refractivity contribution >= 4 is 23.4 Å². The van der Waals surface area contributed by atoms with Gasteiger partial charge in [0.1, 0.15) is 0 Å². The highest BCUT2D eigenvalue weighted by Gasteiger charge is 2.40. The Labute approximate surface area is 149 Å². The fourth-order valence-electron chi connectivity index (χ4n) is 3.35. The molecule has 2 aliphatic heterocycles. The number of hydrogen-bond acceptors (Lipinski definition) is 4. The Kier molecular flexibility index (Phi) is 5.69. The van der Waals surface area contributed by atoms with Crippen LogP contribution in [-0.4, -0.2) is 60.8 Å². The topological polar surface area (TPSA) is 62.9 Å². The average Bonchev–Trinajstić information content (AvgIpc) is 3.07. The first-order chi connectivity index (χ1) is 11.6. The third-order valence-corrected chi connectivity index (χ3v) is 6.32. The number of aryl methyl sites for hydroxylation is 2. The summed E-state index contributed by atoms with van der Waals surface area (Å²) in [6.45, 7) is 8.63. The van der Waals surface area contributed by atoms with Crippen molar-refractivity contribution in [2.24, 2.45) is 10.7 Å². The molecule has 2 aliphatic rings. The minimum absolute atomic E-state index is 0.143. The van der Waals surface area contributed by atoms with Crippen LogP contribution in [0.15, 0.2) is 23.2 Å². The van der Waals surface area contributed by atoms with E-state index >= 15 is 0 Å². The second kappa shape index (κ2) is 7.76. The molecule has 0 bridgehead atoms. The number of thioether (sulfide) groups is 1. The zero-order valence-corrected chi connectivity index (χ0v) is 15.5. The molecular weight excluding hydrogens is 320 g/mol. The second-order valence-corrected chi connectivity index (χ2v) is 7.86. The van der Waals surface area contributed by atoms with Crippen LogP contribution < -0.4 is 11.1 Å². The number of ether oxygens (including phenoxy) is 1. The van der Waals surface area contributed by atoms with Crippen LogP contribution in [0.4, 0.5) is 5.69 Å². The molecule has 0 radical (unpaired) electrons. The van der Waals surface area contributed by atoms with E-state index in [4.69, 9.17) is 10.5 Å². The molecule has 132 valence electrons. The van der Waals surface area contributed by atoms with Crippen molar-refractivity contribution in [1.29, 1.82) is 0 Å². The van der Waals surface area contributed by atoms with Gasteiger partial charge in [-0.15, -0.1) is 0 Å². The molecule has 24 heavy (non-hydrogen) atoms. The Morgan fingerprint density at radius 3 is 2.79 bits per heavy atom. The zero-order valence-electron chi connectivity index (χ0n) is 14.7. The number of anilines is 1. The lowest BCUT2D eigenvalue weighted by Crippen LogP contribution is -2.56. The van der Waals surface area contributed by atoms with Gasteiger partial charge in [0.25, 0.3) is 0 Å². The summed E-state index contributed by atoms with van der Waals surface area (Å²) in [6.07, 6.45) is 1.18. The molecule has 0 spiro atoms. The van der Waals surface area contributed by atoms with E-state index in [0.29, 0.717) is 5.96 Å². The summed E-state index contributed by atoms with van der Waals surface area (Å²) in [5, 5.41) is 3.23. The van der Waals surface area contributed by atoms with Crippen LogP contribution in [0.2, 0.25) is 0 Å². The Balaban J connectivity index is 1.66. The van der Waals surface area contributed by atoms with Gasteiger partial charge in [0.2, 0.25) is 0 Å². The van der Waals surface area contributed by atoms with Crippen molar-refractivity contribution in [3.8, 4) is 0 Å². The van der Waals surface area contributed by atoms with Gasteiger partial charge in [0, 0.05) is 24.5 Å². The number of aliphatic imine (C=N–C) groups is 1. The van der Waals surface area contributed by atoms with Crippen molar-refractivity contribution in [1.82, 2.24) is 4.90 Å². The summed E-state index contributed by atoms with van der Waals surface area (Å²) in [7, 11) is 0. The maximum atomic E-state index is 6.15. The monoisotopic (exact) mass is 348 g/mol. The lowest BCUT2D eigenvalue weighted by Gasteiger charge is -2.42. The Hall–Kier alpha value is -1.24. The summed E-state index contributed by atoms with van der Waals surface area (Å²) in [5.41, 5.74) is 9.83. The first-order valence-electron chi connectivity index (χ1n) is 8.64. The molecule has 2 saturated heterocycles. The van der Waals surface area contributed by atoms with Gasteiger partial charge >= 0.3 is 0 Å². The molecule has 6 heteroatoms. The van der Waals surface area contributed by atoms with Crippen LogP contribution >= 0.6 is 11.8 Å². The van der Waals surface area contributed by atoms with E-state index in [1.54, 1.807) is 0 Å². The predicted octanol–water partition coefficient (Wildman–Crippen LogP) is 2.24. The van der Waals surface area contributed by atoms with Crippen molar-refractivity contribution in [3.63, 3.8) is 0 Å². The van der Waals surface area contributed by atoms with Crippen LogP contribution in [0.25, 0.3) is 0 Å². The molecular formula is C18H28N4OS. The van der Waals surface area contributed by atoms with Gasteiger partial charge in [-0.2, -0.15) is 11.8 Å². The fraction of sp³-hybridized carbons (Fsp3) is 0.611. The second-order valence-electron chi connectivity index (χ2n) is 6.75. The fourth-order valence-corrected chi connectivity index (χ4v) is 4.81. The molecule has 1 atom stereocenters. The minimum Gasteiger partial charge on any atom is -0.379 e. The van der Waals surface area contributed by atoms with Gasteiger partial charge in [-0.3, -0.25) is 9.89 Å². The number of morpholine rings is 1. The highest BCUT2D eigenvalue weighted by atomic mass is 32.2. The lowest BCUT2D eigenvalue weighted by molar-refractivity contribution is -0.0104. The smallest absolute Gasteiger partial charge is 0.193 e.